The van der Waals surface area contributed by atoms with Crippen molar-refractivity contribution < 1.29 is 0 Å². The van der Waals surface area contributed by atoms with Gasteiger partial charge >= 0.3 is 0 Å². The third kappa shape index (κ3) is 3.62. The van der Waals surface area contributed by atoms with Crippen molar-refractivity contribution in [3.8, 4) is 0 Å². The van der Waals surface area contributed by atoms with Gasteiger partial charge in [-0.25, -0.2) is 0 Å². The number of anilines is 4. The smallest absolute Gasteiger partial charge is 0.249 e. The van der Waals surface area contributed by atoms with Gasteiger partial charge in [0.05, 0.1) is 17.4 Å². The lowest BCUT2D eigenvalue weighted by molar-refractivity contribution is 0.980. The van der Waals surface area contributed by atoms with Gasteiger partial charge in [-0.1, -0.05) is 50.2 Å². The molecule has 140 valence electrons. The molecule has 2 N–H and O–H groups in total. The lowest BCUT2D eigenvalue weighted by Gasteiger charge is -2.15. The summed E-state index contributed by atoms with van der Waals surface area (Å²) in [6.45, 7) is 4.30. The quantitative estimate of drug-likeness (QED) is 0.496. The van der Waals surface area contributed by atoms with Crippen LogP contribution >= 0.6 is 0 Å². The van der Waals surface area contributed by atoms with Crippen LogP contribution in [0.15, 0.2) is 60.9 Å². The molecule has 6 nitrogen and oxygen atoms in total. The molecule has 0 saturated carbocycles. The minimum absolute atomic E-state index is 0.426. The molecular weight excluding hydrogens is 348 g/mol. The lowest BCUT2D eigenvalue weighted by Crippen LogP contribution is -2.05. The largest absolute Gasteiger partial charge is 0.338 e. The van der Waals surface area contributed by atoms with Crippen molar-refractivity contribution >= 4 is 34.0 Å². The normalized spacial score (nSPS) is 10.8. The van der Waals surface area contributed by atoms with Gasteiger partial charge in [0.1, 0.15) is 0 Å². The third-order valence-corrected chi connectivity index (χ3v) is 4.69. The van der Waals surface area contributed by atoms with E-state index in [4.69, 9.17) is 0 Å². The number of para-hydroxylation sites is 2. The van der Waals surface area contributed by atoms with Gasteiger partial charge in [0.25, 0.3) is 0 Å². The molecule has 0 atom stereocenters. The Morgan fingerprint density at radius 3 is 2.39 bits per heavy atom. The molecule has 28 heavy (non-hydrogen) atoms. The number of pyridine rings is 1. The van der Waals surface area contributed by atoms with Crippen molar-refractivity contribution in [1.82, 2.24) is 20.2 Å². The Morgan fingerprint density at radius 1 is 0.857 bits per heavy atom. The van der Waals surface area contributed by atoms with Crippen LogP contribution in [0, 0.1) is 0 Å². The molecule has 6 heteroatoms. The number of aryl methyl sites for hydroxylation is 2. The maximum atomic E-state index is 4.60. The molecule has 4 rings (SSSR count). The van der Waals surface area contributed by atoms with E-state index in [-0.39, 0.29) is 0 Å². The fourth-order valence-corrected chi connectivity index (χ4v) is 3.27. The number of hydrogen-bond donors (Lipinski definition) is 2. The van der Waals surface area contributed by atoms with Crippen LogP contribution in [-0.2, 0) is 12.8 Å². The zero-order valence-corrected chi connectivity index (χ0v) is 16.0. The molecule has 2 aromatic heterocycles. The summed E-state index contributed by atoms with van der Waals surface area (Å²) in [5.41, 5.74) is 5.33. The summed E-state index contributed by atoms with van der Waals surface area (Å²) < 4.78 is 0. The van der Waals surface area contributed by atoms with E-state index >= 15 is 0 Å². The molecule has 0 aliphatic rings. The monoisotopic (exact) mass is 370 g/mol. The Bertz CT molecular complexity index is 1080. The topological polar surface area (TPSA) is 75.6 Å². The number of hydrogen-bond acceptors (Lipinski definition) is 6. The van der Waals surface area contributed by atoms with E-state index in [1.165, 1.54) is 11.1 Å². The van der Waals surface area contributed by atoms with Crippen molar-refractivity contribution in [2.75, 3.05) is 10.6 Å². The Morgan fingerprint density at radius 2 is 1.61 bits per heavy atom. The first-order valence-corrected chi connectivity index (χ1v) is 9.46. The van der Waals surface area contributed by atoms with Gasteiger partial charge in [-0.05, 0) is 36.1 Å². The zero-order valence-electron chi connectivity index (χ0n) is 16.0. The minimum Gasteiger partial charge on any atom is -0.338 e. The molecule has 0 aliphatic carbocycles. The summed E-state index contributed by atoms with van der Waals surface area (Å²) in [6, 6.07) is 16.3. The minimum atomic E-state index is 0.426. The van der Waals surface area contributed by atoms with Crippen molar-refractivity contribution in [3.63, 3.8) is 0 Å². The van der Waals surface area contributed by atoms with Crippen LogP contribution in [0.5, 0.6) is 0 Å². The summed E-state index contributed by atoms with van der Waals surface area (Å²) in [4.78, 5) is 9.06. The fourth-order valence-electron chi connectivity index (χ4n) is 3.27. The van der Waals surface area contributed by atoms with E-state index in [1.807, 2.05) is 30.3 Å². The molecule has 0 radical (unpaired) electrons. The van der Waals surface area contributed by atoms with Crippen LogP contribution in [0.2, 0.25) is 0 Å². The molecule has 2 aromatic carbocycles. The van der Waals surface area contributed by atoms with Gasteiger partial charge in [0.2, 0.25) is 5.95 Å². The highest BCUT2D eigenvalue weighted by atomic mass is 15.3. The second-order valence-corrected chi connectivity index (χ2v) is 6.45. The first-order chi connectivity index (χ1) is 13.8. The number of fused-ring (bicyclic) bond motifs is 1. The van der Waals surface area contributed by atoms with Crippen LogP contribution in [0.1, 0.15) is 25.0 Å². The van der Waals surface area contributed by atoms with Crippen LogP contribution in [0.3, 0.4) is 0 Å². The first-order valence-electron chi connectivity index (χ1n) is 9.46. The van der Waals surface area contributed by atoms with E-state index in [0.717, 1.165) is 35.1 Å². The van der Waals surface area contributed by atoms with E-state index in [0.29, 0.717) is 11.8 Å². The molecule has 0 amide bonds. The Hall–Kier alpha value is -3.54. The molecule has 4 aromatic rings. The summed E-state index contributed by atoms with van der Waals surface area (Å²) >= 11 is 0. The molecule has 0 aliphatic heterocycles. The van der Waals surface area contributed by atoms with Crippen molar-refractivity contribution in [1.29, 1.82) is 0 Å². The van der Waals surface area contributed by atoms with Gasteiger partial charge in [-0.2, -0.15) is 10.1 Å². The van der Waals surface area contributed by atoms with Gasteiger partial charge in [0.15, 0.2) is 5.82 Å². The third-order valence-electron chi connectivity index (χ3n) is 4.69. The number of nitrogens with one attached hydrogen (secondary N) is 2. The van der Waals surface area contributed by atoms with Gasteiger partial charge in [-0.15, -0.1) is 5.10 Å². The van der Waals surface area contributed by atoms with E-state index in [2.05, 4.69) is 62.8 Å². The highest BCUT2D eigenvalue weighted by molar-refractivity contribution is 5.91. The van der Waals surface area contributed by atoms with Crippen LogP contribution in [0.4, 0.5) is 23.1 Å². The summed E-state index contributed by atoms with van der Waals surface area (Å²) in [7, 11) is 0. The highest BCUT2D eigenvalue weighted by Gasteiger charge is 2.09. The van der Waals surface area contributed by atoms with E-state index in [9.17, 15) is 0 Å². The second kappa shape index (κ2) is 8.00. The van der Waals surface area contributed by atoms with Gasteiger partial charge in [0, 0.05) is 17.3 Å². The standard InChI is InChI=1S/C22H22N6/c1-3-15-8-5-9-16(4-2)20(15)26-19-14-24-28-22(27-19)25-18-12-6-10-17-11-7-13-23-21(17)18/h5-14H,3-4H2,1-2H3,(H2,25,26,27,28). The first kappa shape index (κ1) is 17.9. The SMILES string of the molecule is CCc1cccc(CC)c1Nc1cnnc(Nc2cccc3cccnc23)n1. The fraction of sp³-hybridized carbons (Fsp3) is 0.182. The van der Waals surface area contributed by atoms with Gasteiger partial charge < -0.3 is 10.6 Å². The predicted molar refractivity (Wildman–Crippen MR) is 113 cm³/mol. The number of benzene rings is 2. The molecule has 0 bridgehead atoms. The summed E-state index contributed by atoms with van der Waals surface area (Å²) in [5.74, 6) is 1.08. The molecule has 0 saturated heterocycles. The second-order valence-electron chi connectivity index (χ2n) is 6.45. The Kier molecular flexibility index (Phi) is 5.10. The molecule has 0 unspecified atom stereocenters. The van der Waals surface area contributed by atoms with Crippen LogP contribution in [0.25, 0.3) is 10.9 Å². The van der Waals surface area contributed by atoms with Gasteiger partial charge in [-0.3, -0.25) is 4.98 Å². The maximum Gasteiger partial charge on any atom is 0.249 e. The lowest BCUT2D eigenvalue weighted by atomic mass is 10.0. The number of rotatable bonds is 6. The molecule has 2 heterocycles. The summed E-state index contributed by atoms with van der Waals surface area (Å²) in [6.07, 6.45) is 5.31. The zero-order chi connectivity index (χ0) is 19.3. The van der Waals surface area contributed by atoms with Crippen molar-refractivity contribution in [2.45, 2.75) is 26.7 Å². The van der Waals surface area contributed by atoms with Crippen molar-refractivity contribution in [2.24, 2.45) is 0 Å². The number of aromatic nitrogens is 4. The Labute approximate surface area is 164 Å². The average Bonchev–Trinajstić information content (AvgIpc) is 2.74. The summed E-state index contributed by atoms with van der Waals surface area (Å²) in [5, 5.41) is 16.0. The van der Waals surface area contributed by atoms with Crippen molar-refractivity contribution in [3.05, 3.63) is 72.1 Å². The van der Waals surface area contributed by atoms with Crippen LogP contribution in [-0.4, -0.2) is 20.2 Å². The predicted octanol–water partition coefficient (Wildman–Crippen LogP) is 5.03. The molecular formula is C22H22N6. The Balaban J connectivity index is 1.64. The van der Waals surface area contributed by atoms with E-state index in [1.54, 1.807) is 12.4 Å². The van der Waals surface area contributed by atoms with E-state index < -0.39 is 0 Å². The average molecular weight is 370 g/mol. The number of nitrogens with zero attached hydrogens (tertiary/aromatic N) is 4. The highest BCUT2D eigenvalue weighted by Crippen LogP contribution is 2.27. The molecule has 0 spiro atoms. The molecule has 0 fully saturated rings. The maximum absolute atomic E-state index is 4.60. The van der Waals surface area contributed by atoms with Crippen LogP contribution < -0.4 is 10.6 Å².